The molecule has 6 nitrogen and oxygen atoms in total. The van der Waals surface area contributed by atoms with Crippen LogP contribution in [0.4, 0.5) is 0 Å². The fraction of sp³-hybridized carbons (Fsp3) is 0.526. The average molecular weight is 378 g/mol. The molecule has 0 saturated carbocycles. The predicted molar refractivity (Wildman–Crippen MR) is 102 cm³/mol. The van der Waals surface area contributed by atoms with Gasteiger partial charge in [0.1, 0.15) is 5.58 Å². The van der Waals surface area contributed by atoms with Crippen molar-refractivity contribution in [3.8, 4) is 0 Å². The summed E-state index contributed by atoms with van der Waals surface area (Å²) in [6.45, 7) is 7.95. The summed E-state index contributed by atoms with van der Waals surface area (Å²) in [6, 6.07) is 4.16. The normalized spacial score (nSPS) is 16.6. The lowest BCUT2D eigenvalue weighted by molar-refractivity contribution is -0.131. The third-order valence-electron chi connectivity index (χ3n) is 5.07. The molecule has 0 N–H and O–H groups in total. The summed E-state index contributed by atoms with van der Waals surface area (Å²) in [5.74, 6) is 0.412. The Bertz CT molecular complexity index is 922. The van der Waals surface area contributed by atoms with Crippen LogP contribution in [0.15, 0.2) is 22.8 Å². The van der Waals surface area contributed by atoms with Crippen molar-refractivity contribution >= 4 is 26.9 Å². The number of hydrogen-bond acceptors (Lipinski definition) is 4. The van der Waals surface area contributed by atoms with Gasteiger partial charge in [-0.25, -0.2) is 8.42 Å². The molecular weight excluding hydrogens is 352 g/mol. The first kappa shape index (κ1) is 18.9. The van der Waals surface area contributed by atoms with Crippen molar-refractivity contribution in [2.75, 3.05) is 32.4 Å². The molecular formula is C19H26N2O4S. The Kier molecular flexibility index (Phi) is 5.12. The minimum absolute atomic E-state index is 0.00697. The van der Waals surface area contributed by atoms with Crippen LogP contribution in [0.1, 0.15) is 36.5 Å². The molecule has 1 aromatic carbocycles. The van der Waals surface area contributed by atoms with Gasteiger partial charge in [0.15, 0.2) is 0 Å². The molecule has 0 unspecified atom stereocenters. The molecule has 1 fully saturated rings. The lowest BCUT2D eigenvalue weighted by atomic mass is 9.95. The maximum Gasteiger partial charge on any atom is 0.227 e. The van der Waals surface area contributed by atoms with Crippen LogP contribution in [0.3, 0.4) is 0 Å². The molecule has 1 aliphatic heterocycles. The van der Waals surface area contributed by atoms with Gasteiger partial charge in [-0.05, 0) is 36.1 Å². The lowest BCUT2D eigenvalue weighted by Gasteiger charge is -2.33. The van der Waals surface area contributed by atoms with Crippen LogP contribution in [0.2, 0.25) is 0 Å². The molecule has 1 aromatic heterocycles. The number of benzene rings is 1. The fourth-order valence-corrected chi connectivity index (χ4v) is 4.37. The largest absolute Gasteiger partial charge is 0.464 e. The zero-order valence-corrected chi connectivity index (χ0v) is 16.6. The predicted octanol–water partition coefficient (Wildman–Crippen LogP) is 2.51. The van der Waals surface area contributed by atoms with Crippen molar-refractivity contribution in [1.82, 2.24) is 9.21 Å². The number of aryl methyl sites for hydroxylation is 1. The first-order valence-electron chi connectivity index (χ1n) is 8.90. The number of carbonyl (C=O) groups is 1. The van der Waals surface area contributed by atoms with Crippen molar-refractivity contribution < 1.29 is 17.6 Å². The Morgan fingerprint density at radius 1 is 1.19 bits per heavy atom. The first-order chi connectivity index (χ1) is 12.2. The van der Waals surface area contributed by atoms with Gasteiger partial charge in [-0.3, -0.25) is 4.79 Å². The first-order valence-corrected chi connectivity index (χ1v) is 10.7. The van der Waals surface area contributed by atoms with E-state index in [0.29, 0.717) is 32.1 Å². The summed E-state index contributed by atoms with van der Waals surface area (Å²) in [5, 5.41) is 0.988. The van der Waals surface area contributed by atoms with Gasteiger partial charge in [-0.1, -0.05) is 13.8 Å². The van der Waals surface area contributed by atoms with Crippen LogP contribution in [-0.4, -0.2) is 56.0 Å². The van der Waals surface area contributed by atoms with Crippen LogP contribution in [0.25, 0.3) is 11.0 Å². The Morgan fingerprint density at radius 2 is 1.85 bits per heavy atom. The van der Waals surface area contributed by atoms with Gasteiger partial charge in [-0.15, -0.1) is 0 Å². The maximum absolute atomic E-state index is 12.7. The monoisotopic (exact) mass is 378 g/mol. The Hall–Kier alpha value is -1.86. The molecule has 0 bridgehead atoms. The minimum atomic E-state index is -3.19. The Morgan fingerprint density at radius 3 is 2.42 bits per heavy atom. The number of hydrogen-bond donors (Lipinski definition) is 0. The van der Waals surface area contributed by atoms with Gasteiger partial charge in [0.2, 0.25) is 15.9 Å². The van der Waals surface area contributed by atoms with Gasteiger partial charge in [0.05, 0.1) is 18.9 Å². The van der Waals surface area contributed by atoms with E-state index >= 15 is 0 Å². The molecule has 7 heteroatoms. The number of nitrogens with zero attached hydrogens (tertiary/aromatic N) is 2. The van der Waals surface area contributed by atoms with Crippen LogP contribution in [0.5, 0.6) is 0 Å². The Balaban J connectivity index is 1.75. The third-order valence-corrected chi connectivity index (χ3v) is 6.37. The van der Waals surface area contributed by atoms with E-state index in [9.17, 15) is 13.2 Å². The molecule has 1 saturated heterocycles. The van der Waals surface area contributed by atoms with Crippen LogP contribution < -0.4 is 0 Å². The molecule has 2 aromatic rings. The van der Waals surface area contributed by atoms with Crippen LogP contribution >= 0.6 is 0 Å². The van der Waals surface area contributed by atoms with E-state index in [1.807, 2.05) is 6.07 Å². The zero-order chi connectivity index (χ0) is 19.1. The average Bonchev–Trinajstić information content (AvgIpc) is 2.95. The van der Waals surface area contributed by atoms with Crippen molar-refractivity contribution in [1.29, 1.82) is 0 Å². The van der Waals surface area contributed by atoms with E-state index in [-0.39, 0.29) is 12.3 Å². The highest BCUT2D eigenvalue weighted by atomic mass is 32.2. The zero-order valence-electron chi connectivity index (χ0n) is 15.8. The van der Waals surface area contributed by atoms with Gasteiger partial charge in [-0.2, -0.15) is 4.31 Å². The van der Waals surface area contributed by atoms with Crippen molar-refractivity contribution in [3.05, 3.63) is 35.1 Å². The topological polar surface area (TPSA) is 70.8 Å². The summed E-state index contributed by atoms with van der Waals surface area (Å²) in [5.41, 5.74) is 4.14. The molecule has 142 valence electrons. The number of amides is 1. The summed E-state index contributed by atoms with van der Waals surface area (Å²) >= 11 is 0. The highest BCUT2D eigenvalue weighted by molar-refractivity contribution is 7.88. The van der Waals surface area contributed by atoms with Crippen molar-refractivity contribution in [2.24, 2.45) is 0 Å². The molecule has 0 radical (unpaired) electrons. The molecule has 3 rings (SSSR count). The number of fused-ring (bicyclic) bond motifs is 1. The van der Waals surface area contributed by atoms with E-state index < -0.39 is 10.0 Å². The van der Waals surface area contributed by atoms with E-state index in [1.165, 1.54) is 21.7 Å². The second-order valence-electron chi connectivity index (χ2n) is 7.34. The van der Waals surface area contributed by atoms with Gasteiger partial charge < -0.3 is 9.32 Å². The van der Waals surface area contributed by atoms with E-state index in [2.05, 4.69) is 26.8 Å². The number of piperazine rings is 1. The van der Waals surface area contributed by atoms with Crippen LogP contribution in [-0.2, 0) is 21.2 Å². The standard InChI is InChI=1S/C19H26N2O4S/c1-13(2)16-11-17-15(12-25-18(17)9-14(16)3)10-19(22)20-5-7-21(8-6-20)26(4,23)24/h9,11-13H,5-8,10H2,1-4H3. The van der Waals surface area contributed by atoms with E-state index in [1.54, 1.807) is 11.2 Å². The SMILES string of the molecule is Cc1cc2occ(CC(=O)N3CCN(S(C)(=O)=O)CC3)c2cc1C(C)C. The molecule has 0 spiro atoms. The van der Waals surface area contributed by atoms with Crippen LogP contribution in [0, 0.1) is 6.92 Å². The minimum Gasteiger partial charge on any atom is -0.464 e. The number of furan rings is 1. The molecule has 0 aliphatic carbocycles. The van der Waals surface area contributed by atoms with Crippen molar-refractivity contribution in [3.63, 3.8) is 0 Å². The van der Waals surface area contributed by atoms with E-state index in [0.717, 1.165) is 16.5 Å². The molecule has 2 heterocycles. The number of sulfonamides is 1. The lowest BCUT2D eigenvalue weighted by Crippen LogP contribution is -2.50. The molecule has 1 amide bonds. The maximum atomic E-state index is 12.7. The quantitative estimate of drug-likeness (QED) is 0.820. The Labute approximate surface area is 154 Å². The second kappa shape index (κ2) is 7.04. The number of rotatable bonds is 4. The number of carbonyl (C=O) groups excluding carboxylic acids is 1. The summed E-state index contributed by atoms with van der Waals surface area (Å²) in [7, 11) is -3.19. The third kappa shape index (κ3) is 3.78. The molecule has 26 heavy (non-hydrogen) atoms. The van der Waals surface area contributed by atoms with E-state index in [4.69, 9.17) is 4.42 Å². The molecule has 0 atom stereocenters. The fourth-order valence-electron chi connectivity index (χ4n) is 3.55. The van der Waals surface area contributed by atoms with Gasteiger partial charge >= 0.3 is 0 Å². The summed E-state index contributed by atoms with van der Waals surface area (Å²) < 4.78 is 30.3. The second-order valence-corrected chi connectivity index (χ2v) is 9.32. The van der Waals surface area contributed by atoms with Crippen molar-refractivity contribution in [2.45, 2.75) is 33.1 Å². The van der Waals surface area contributed by atoms with Gasteiger partial charge in [0.25, 0.3) is 0 Å². The highest BCUT2D eigenvalue weighted by Gasteiger charge is 2.26. The molecule has 1 aliphatic rings. The summed E-state index contributed by atoms with van der Waals surface area (Å²) in [6.07, 6.45) is 3.14. The summed E-state index contributed by atoms with van der Waals surface area (Å²) in [4.78, 5) is 14.4. The van der Waals surface area contributed by atoms with Gasteiger partial charge in [0, 0.05) is 37.1 Å². The smallest absolute Gasteiger partial charge is 0.227 e. The highest BCUT2D eigenvalue weighted by Crippen LogP contribution is 2.29.